The van der Waals surface area contributed by atoms with E-state index in [1.54, 1.807) is 44.5 Å². The van der Waals surface area contributed by atoms with Crippen molar-refractivity contribution in [3.8, 4) is 11.5 Å². The number of benzene rings is 1. The number of thiophene rings is 1. The van der Waals surface area contributed by atoms with E-state index in [9.17, 15) is 14.4 Å². The molecule has 3 aromatic rings. The van der Waals surface area contributed by atoms with Gasteiger partial charge in [-0.2, -0.15) is 5.10 Å². The number of aromatic nitrogens is 2. The molecule has 0 unspecified atom stereocenters. The average Bonchev–Trinajstić information content (AvgIpc) is 3.37. The highest BCUT2D eigenvalue weighted by molar-refractivity contribution is 7.18. The van der Waals surface area contributed by atoms with E-state index in [-0.39, 0.29) is 27.9 Å². The minimum Gasteiger partial charge on any atom is -0.497 e. The van der Waals surface area contributed by atoms with Crippen LogP contribution in [-0.2, 0) is 11.5 Å². The van der Waals surface area contributed by atoms with E-state index in [2.05, 4.69) is 10.4 Å². The van der Waals surface area contributed by atoms with Crippen LogP contribution in [0.1, 0.15) is 36.1 Å². The number of hydrogen-bond acceptors (Lipinski definition) is 8. The van der Waals surface area contributed by atoms with Crippen molar-refractivity contribution < 1.29 is 28.6 Å². The molecule has 3 N–H and O–H groups in total. The average molecular weight is 444 g/mol. The zero-order valence-electron chi connectivity index (χ0n) is 17.0. The summed E-state index contributed by atoms with van der Waals surface area (Å²) in [6, 6.07) is 8.53. The lowest BCUT2D eigenvalue weighted by Gasteiger charge is -2.07. The second-order valence-corrected chi connectivity index (χ2v) is 7.28. The van der Waals surface area contributed by atoms with Gasteiger partial charge >= 0.3 is 5.97 Å². The molecule has 31 heavy (non-hydrogen) atoms. The number of primary amides is 1. The fraction of sp³-hybridized carbons (Fsp3) is 0.200. The molecule has 10 nitrogen and oxygen atoms in total. The Hall–Kier alpha value is -3.86. The van der Waals surface area contributed by atoms with Gasteiger partial charge in [0.2, 0.25) is 0 Å². The van der Waals surface area contributed by atoms with Gasteiger partial charge in [-0.15, -0.1) is 11.3 Å². The molecular formula is C20H20N4O6S. The lowest BCUT2D eigenvalue weighted by molar-refractivity contribution is 0.0601. The molecule has 3 rings (SSSR count). The van der Waals surface area contributed by atoms with E-state index in [4.69, 9.17) is 19.9 Å². The van der Waals surface area contributed by atoms with Crippen molar-refractivity contribution in [2.24, 2.45) is 5.73 Å². The van der Waals surface area contributed by atoms with E-state index in [0.29, 0.717) is 17.1 Å². The molecule has 0 atom stereocenters. The molecule has 2 aromatic heterocycles. The second-order valence-electron chi connectivity index (χ2n) is 6.26. The van der Waals surface area contributed by atoms with Gasteiger partial charge in [-0.1, -0.05) is 0 Å². The topological polar surface area (TPSA) is 135 Å². The molecule has 2 amide bonds. The van der Waals surface area contributed by atoms with Crippen molar-refractivity contribution in [3.05, 3.63) is 58.2 Å². The number of amides is 2. The number of nitrogens with zero attached hydrogens (tertiary/aromatic N) is 2. The monoisotopic (exact) mass is 444 g/mol. The van der Waals surface area contributed by atoms with Crippen molar-refractivity contribution in [3.63, 3.8) is 0 Å². The molecule has 0 fully saturated rings. The number of nitrogens with two attached hydrogens (primary N) is 1. The van der Waals surface area contributed by atoms with Crippen molar-refractivity contribution in [1.29, 1.82) is 0 Å². The maximum atomic E-state index is 12.6. The Morgan fingerprint density at radius 3 is 2.42 bits per heavy atom. The number of esters is 1. The van der Waals surface area contributed by atoms with Gasteiger partial charge in [0.25, 0.3) is 11.8 Å². The number of ether oxygens (including phenoxy) is 3. The minimum atomic E-state index is -0.701. The number of rotatable bonds is 8. The Balaban J connectivity index is 1.71. The molecule has 0 radical (unpaired) electrons. The zero-order chi connectivity index (χ0) is 22.5. The largest absolute Gasteiger partial charge is 0.497 e. The summed E-state index contributed by atoms with van der Waals surface area (Å²) in [7, 11) is 2.78. The van der Waals surface area contributed by atoms with Gasteiger partial charge in [-0.05, 0) is 42.8 Å². The molecule has 2 heterocycles. The van der Waals surface area contributed by atoms with E-state index < -0.39 is 17.8 Å². The van der Waals surface area contributed by atoms with Crippen molar-refractivity contribution in [2.75, 3.05) is 19.5 Å². The summed E-state index contributed by atoms with van der Waals surface area (Å²) in [6.45, 7) is 1.64. The SMILES string of the molecule is COC(=O)c1c(NC(=O)c2ccn(COc3ccc(OC)cc3)n2)sc(C(N)=O)c1C. The van der Waals surface area contributed by atoms with Crippen LogP contribution >= 0.6 is 11.3 Å². The third kappa shape index (κ3) is 4.83. The summed E-state index contributed by atoms with van der Waals surface area (Å²) in [5.74, 6) is -0.633. The quantitative estimate of drug-likeness (QED) is 0.510. The van der Waals surface area contributed by atoms with Gasteiger partial charge in [0.05, 0.1) is 24.7 Å². The predicted octanol–water partition coefficient (Wildman–Crippen LogP) is 2.44. The Bertz CT molecular complexity index is 1120. The van der Waals surface area contributed by atoms with Crippen LogP contribution in [-0.4, -0.2) is 41.8 Å². The molecule has 0 aliphatic rings. The maximum Gasteiger partial charge on any atom is 0.341 e. The zero-order valence-corrected chi connectivity index (χ0v) is 17.8. The van der Waals surface area contributed by atoms with Gasteiger partial charge in [0.1, 0.15) is 16.5 Å². The van der Waals surface area contributed by atoms with Gasteiger partial charge in [0.15, 0.2) is 12.4 Å². The normalized spacial score (nSPS) is 10.4. The van der Waals surface area contributed by atoms with E-state index >= 15 is 0 Å². The molecule has 1 aromatic carbocycles. The molecule has 0 saturated carbocycles. The first-order valence-corrected chi connectivity index (χ1v) is 9.78. The molecule has 0 bridgehead atoms. The van der Waals surface area contributed by atoms with Gasteiger partial charge in [-0.3, -0.25) is 9.59 Å². The van der Waals surface area contributed by atoms with E-state index in [1.165, 1.54) is 17.9 Å². The Kier molecular flexibility index (Phi) is 6.55. The summed E-state index contributed by atoms with van der Waals surface area (Å²) >= 11 is 0.901. The molecule has 11 heteroatoms. The predicted molar refractivity (Wildman–Crippen MR) is 113 cm³/mol. The van der Waals surface area contributed by atoms with Crippen LogP contribution in [0.25, 0.3) is 0 Å². The molecule has 0 aliphatic carbocycles. The lowest BCUT2D eigenvalue weighted by Crippen LogP contribution is -2.16. The van der Waals surface area contributed by atoms with Gasteiger partial charge < -0.3 is 25.3 Å². The minimum absolute atomic E-state index is 0.0803. The summed E-state index contributed by atoms with van der Waals surface area (Å²) in [4.78, 5) is 36.5. The molecule has 0 spiro atoms. The summed E-state index contributed by atoms with van der Waals surface area (Å²) in [5, 5.41) is 6.92. The van der Waals surface area contributed by atoms with Crippen molar-refractivity contribution in [1.82, 2.24) is 9.78 Å². The van der Waals surface area contributed by atoms with E-state index in [1.807, 2.05) is 0 Å². The van der Waals surface area contributed by atoms with Gasteiger partial charge in [-0.25, -0.2) is 9.48 Å². The summed E-state index contributed by atoms with van der Waals surface area (Å²) in [5.41, 5.74) is 5.88. The lowest BCUT2D eigenvalue weighted by atomic mass is 10.1. The first-order chi connectivity index (χ1) is 14.8. The maximum absolute atomic E-state index is 12.6. The van der Waals surface area contributed by atoms with Crippen LogP contribution in [0.4, 0.5) is 5.00 Å². The van der Waals surface area contributed by atoms with Gasteiger partial charge in [0, 0.05) is 6.20 Å². The summed E-state index contributed by atoms with van der Waals surface area (Å²) < 4.78 is 16.9. The number of hydrogen-bond donors (Lipinski definition) is 2. The Morgan fingerprint density at radius 1 is 1.13 bits per heavy atom. The Labute approximate surface area is 181 Å². The third-order valence-corrected chi connectivity index (χ3v) is 5.51. The summed E-state index contributed by atoms with van der Waals surface area (Å²) in [6.07, 6.45) is 1.58. The van der Waals surface area contributed by atoms with Crippen LogP contribution in [0.15, 0.2) is 36.5 Å². The fourth-order valence-corrected chi connectivity index (χ4v) is 3.76. The first-order valence-electron chi connectivity index (χ1n) is 8.97. The third-order valence-electron chi connectivity index (χ3n) is 4.28. The van der Waals surface area contributed by atoms with E-state index in [0.717, 1.165) is 11.3 Å². The standard InChI is InChI=1S/C20H20N4O6S/c1-11-15(20(27)29-3)19(31-16(11)17(21)25)22-18(26)14-8-9-24(23-14)10-30-13-6-4-12(28-2)5-7-13/h4-9H,10H2,1-3H3,(H2,21,25)(H,22,26). The molecule has 162 valence electrons. The number of nitrogens with one attached hydrogen (secondary N) is 1. The number of carbonyl (C=O) groups excluding carboxylic acids is 3. The first kappa shape index (κ1) is 21.8. The van der Waals surface area contributed by atoms with Crippen molar-refractivity contribution >= 4 is 34.1 Å². The molecule has 0 saturated heterocycles. The van der Waals surface area contributed by atoms with Crippen molar-refractivity contribution in [2.45, 2.75) is 13.7 Å². The van der Waals surface area contributed by atoms with Crippen LogP contribution in [0.3, 0.4) is 0 Å². The number of anilines is 1. The molecular weight excluding hydrogens is 424 g/mol. The Morgan fingerprint density at radius 2 is 1.81 bits per heavy atom. The van der Waals surface area contributed by atoms with Crippen LogP contribution in [0, 0.1) is 6.92 Å². The number of carbonyl (C=O) groups is 3. The van der Waals surface area contributed by atoms with Crippen LogP contribution < -0.4 is 20.5 Å². The highest BCUT2D eigenvalue weighted by Crippen LogP contribution is 2.33. The smallest absolute Gasteiger partial charge is 0.341 e. The fourth-order valence-electron chi connectivity index (χ4n) is 2.72. The highest BCUT2D eigenvalue weighted by Gasteiger charge is 2.26. The number of methoxy groups -OCH3 is 2. The molecule has 0 aliphatic heterocycles. The second kappa shape index (κ2) is 9.30. The van der Waals surface area contributed by atoms with Crippen LogP contribution in [0.5, 0.6) is 11.5 Å². The van der Waals surface area contributed by atoms with Crippen LogP contribution in [0.2, 0.25) is 0 Å². The highest BCUT2D eigenvalue weighted by atomic mass is 32.1.